The molecule has 0 aromatic carbocycles. The second kappa shape index (κ2) is 5.63. The van der Waals surface area contributed by atoms with Crippen LogP contribution in [0.5, 0.6) is 0 Å². The summed E-state index contributed by atoms with van der Waals surface area (Å²) in [6.45, 7) is 6.02. The molecule has 78 valence electrons. The van der Waals surface area contributed by atoms with Gasteiger partial charge in [-0.15, -0.1) is 0 Å². The van der Waals surface area contributed by atoms with E-state index < -0.39 is 15.8 Å². The minimum atomic E-state index is -0.748. The number of hydrogen-bond donors (Lipinski definition) is 2. The summed E-state index contributed by atoms with van der Waals surface area (Å²) >= 11 is -0.748. The van der Waals surface area contributed by atoms with E-state index in [1.165, 1.54) is 0 Å². The van der Waals surface area contributed by atoms with Gasteiger partial charge in [0.1, 0.15) is 0 Å². The molecule has 0 aliphatic rings. The zero-order valence-corrected chi connectivity index (χ0v) is 10.6. The molecule has 0 saturated carbocycles. The van der Waals surface area contributed by atoms with E-state index in [1.807, 2.05) is 20.8 Å². The number of carbonyl (C=O) groups excluding carboxylic acids is 1. The van der Waals surface area contributed by atoms with Crippen LogP contribution in [0, 0.1) is 0 Å². The van der Waals surface area contributed by atoms with Crippen LogP contribution in [0.1, 0.15) is 20.8 Å². The monoisotopic (exact) mass is 250 g/mol. The summed E-state index contributed by atoms with van der Waals surface area (Å²) < 4.78 is 5.07. The van der Waals surface area contributed by atoms with Gasteiger partial charge in [0.05, 0.1) is 0 Å². The zero-order chi connectivity index (χ0) is 10.5. The van der Waals surface area contributed by atoms with Crippen LogP contribution < -0.4 is 11.5 Å². The third kappa shape index (κ3) is 8.28. The van der Waals surface area contributed by atoms with Crippen molar-refractivity contribution in [1.29, 1.82) is 0 Å². The second-order valence-corrected chi connectivity index (χ2v) is 6.33. The first-order valence-corrected chi connectivity index (χ1v) is 6.81. The first-order valence-electron chi connectivity index (χ1n) is 4.27. The first-order chi connectivity index (χ1) is 5.85. The topological polar surface area (TPSA) is 78.3 Å². The van der Waals surface area contributed by atoms with Crippen molar-refractivity contribution in [2.45, 2.75) is 37.6 Å². The normalized spacial score (nSPS) is 14.8. The SMILES string of the molecule is CC(C)(C)OC(=O)[AsH]CC(N)CN. The van der Waals surface area contributed by atoms with Gasteiger partial charge in [-0.05, 0) is 0 Å². The number of hydrogen-bond acceptors (Lipinski definition) is 4. The summed E-state index contributed by atoms with van der Waals surface area (Å²) in [7, 11) is 0. The fraction of sp³-hybridized carbons (Fsp3) is 0.875. The maximum absolute atomic E-state index is 11.2. The Bertz CT molecular complexity index is 168. The Kier molecular flexibility index (Phi) is 5.61. The summed E-state index contributed by atoms with van der Waals surface area (Å²) in [6.07, 6.45) is 0. The number of nitrogens with two attached hydrogens (primary N) is 2. The van der Waals surface area contributed by atoms with Gasteiger partial charge in [0.15, 0.2) is 0 Å². The molecule has 0 heterocycles. The third-order valence-electron chi connectivity index (χ3n) is 1.21. The van der Waals surface area contributed by atoms with Crippen LogP contribution in [-0.4, -0.2) is 38.7 Å². The van der Waals surface area contributed by atoms with E-state index in [0.717, 1.165) is 0 Å². The van der Waals surface area contributed by atoms with E-state index in [-0.39, 0.29) is 16.4 Å². The van der Waals surface area contributed by atoms with Gasteiger partial charge >= 0.3 is 85.7 Å². The Labute approximate surface area is 86.1 Å². The first kappa shape index (κ1) is 12.9. The molecule has 0 bridgehead atoms. The van der Waals surface area contributed by atoms with E-state index >= 15 is 0 Å². The molecule has 4 N–H and O–H groups in total. The molecule has 0 rings (SSSR count). The van der Waals surface area contributed by atoms with E-state index in [1.54, 1.807) is 0 Å². The minimum absolute atomic E-state index is 0.0486. The Morgan fingerprint density at radius 1 is 1.54 bits per heavy atom. The average Bonchev–Trinajstić information content (AvgIpc) is 1.97. The Morgan fingerprint density at radius 2 is 2.08 bits per heavy atom. The third-order valence-corrected chi connectivity index (χ3v) is 3.56. The molecule has 0 aliphatic heterocycles. The average molecular weight is 250 g/mol. The predicted octanol–water partition coefficient (Wildman–Crippen LogP) is 0.0623. The van der Waals surface area contributed by atoms with Gasteiger partial charge in [0, 0.05) is 0 Å². The van der Waals surface area contributed by atoms with E-state index in [9.17, 15) is 4.79 Å². The fourth-order valence-electron chi connectivity index (χ4n) is 0.612. The molecular weight excluding hydrogens is 231 g/mol. The Balaban J connectivity index is 3.64. The van der Waals surface area contributed by atoms with Crippen molar-refractivity contribution >= 4 is 20.5 Å². The van der Waals surface area contributed by atoms with Crippen LogP contribution in [0.4, 0.5) is 4.79 Å². The van der Waals surface area contributed by atoms with Crippen LogP contribution in [-0.2, 0) is 4.74 Å². The Morgan fingerprint density at radius 3 is 2.46 bits per heavy atom. The molecule has 0 aliphatic carbocycles. The summed E-state index contributed by atoms with van der Waals surface area (Å²) in [6, 6.07) is -0.0486. The molecule has 0 amide bonds. The maximum atomic E-state index is 11.2. The molecule has 0 aromatic heterocycles. The van der Waals surface area contributed by atoms with Crippen molar-refractivity contribution < 1.29 is 9.53 Å². The molecule has 13 heavy (non-hydrogen) atoms. The van der Waals surface area contributed by atoms with Gasteiger partial charge in [0.25, 0.3) is 0 Å². The molecule has 0 radical (unpaired) electrons. The Hall–Kier alpha value is -0.0516. The van der Waals surface area contributed by atoms with Crippen LogP contribution >= 0.6 is 0 Å². The van der Waals surface area contributed by atoms with Crippen molar-refractivity contribution in [2.75, 3.05) is 6.54 Å². The van der Waals surface area contributed by atoms with Crippen molar-refractivity contribution in [3.8, 4) is 0 Å². The van der Waals surface area contributed by atoms with Crippen molar-refractivity contribution in [3.63, 3.8) is 0 Å². The quantitative estimate of drug-likeness (QED) is 0.692. The van der Waals surface area contributed by atoms with Gasteiger partial charge in [0.2, 0.25) is 0 Å². The van der Waals surface area contributed by atoms with Gasteiger partial charge in [-0.2, -0.15) is 0 Å². The van der Waals surface area contributed by atoms with E-state index in [4.69, 9.17) is 16.2 Å². The molecule has 2 unspecified atom stereocenters. The van der Waals surface area contributed by atoms with Gasteiger partial charge in [-0.1, -0.05) is 0 Å². The molecular formula is C8H19AsN2O2. The fourth-order valence-corrected chi connectivity index (χ4v) is 2.66. The van der Waals surface area contributed by atoms with Crippen molar-refractivity contribution in [3.05, 3.63) is 0 Å². The van der Waals surface area contributed by atoms with E-state index in [0.29, 0.717) is 11.8 Å². The second-order valence-electron chi connectivity index (χ2n) is 3.88. The summed E-state index contributed by atoms with van der Waals surface area (Å²) in [5.41, 5.74) is 10.5. The van der Waals surface area contributed by atoms with Crippen molar-refractivity contribution in [1.82, 2.24) is 0 Å². The molecule has 2 atom stereocenters. The number of carbonyl (C=O) groups is 1. The predicted molar refractivity (Wildman–Crippen MR) is 55.2 cm³/mol. The molecule has 4 nitrogen and oxygen atoms in total. The molecule has 0 spiro atoms. The van der Waals surface area contributed by atoms with Gasteiger partial charge in [-0.25, -0.2) is 0 Å². The van der Waals surface area contributed by atoms with E-state index in [2.05, 4.69) is 0 Å². The van der Waals surface area contributed by atoms with Crippen LogP contribution in [0.3, 0.4) is 0 Å². The van der Waals surface area contributed by atoms with Crippen LogP contribution in [0.25, 0.3) is 0 Å². The van der Waals surface area contributed by atoms with Gasteiger partial charge in [-0.3, -0.25) is 0 Å². The summed E-state index contributed by atoms with van der Waals surface area (Å²) in [5, 5.41) is 0.714. The van der Waals surface area contributed by atoms with Crippen LogP contribution in [0.15, 0.2) is 0 Å². The molecule has 0 saturated heterocycles. The molecule has 5 heteroatoms. The molecule has 0 aromatic rings. The summed E-state index contributed by atoms with van der Waals surface area (Å²) in [4.78, 5) is 11.2. The standard InChI is InChI=1S/C8H19AsN2O2/c1-8(2,3)13-7(12)9-4-6(11)5-10/h6,9H,4-5,10-11H2,1-3H3. The van der Waals surface area contributed by atoms with Gasteiger partial charge < -0.3 is 0 Å². The van der Waals surface area contributed by atoms with Crippen LogP contribution in [0.2, 0.25) is 5.21 Å². The van der Waals surface area contributed by atoms with Crippen molar-refractivity contribution in [2.24, 2.45) is 11.5 Å². The molecule has 0 fully saturated rings. The zero-order valence-electron chi connectivity index (χ0n) is 8.46. The number of ether oxygens (including phenoxy) is 1. The number of rotatable bonds is 4. The summed E-state index contributed by atoms with van der Waals surface area (Å²) in [5.74, 6) is 0.